The molecule has 0 aliphatic rings. The number of hydrogen-bond acceptors (Lipinski definition) is 5. The molecule has 0 aromatic rings. The van der Waals surface area contributed by atoms with Crippen molar-refractivity contribution in [2.75, 3.05) is 19.8 Å². The number of unbranched alkanes of at least 4 members (excludes halogenated alkanes) is 2. The minimum Gasteiger partial charge on any atom is -0.462 e. The van der Waals surface area contributed by atoms with Crippen LogP contribution >= 0.6 is 0 Å². The van der Waals surface area contributed by atoms with E-state index in [1.165, 1.54) is 0 Å². The van der Waals surface area contributed by atoms with Crippen LogP contribution in [0.25, 0.3) is 0 Å². The molecule has 0 aromatic heterocycles. The van der Waals surface area contributed by atoms with E-state index in [2.05, 4.69) is 203 Å². The molecule has 5 heteroatoms. The molecule has 0 fully saturated rings. The molecule has 0 saturated carbocycles. The summed E-state index contributed by atoms with van der Waals surface area (Å²) in [5.74, 6) is -0.665. The molecule has 0 spiro atoms. The summed E-state index contributed by atoms with van der Waals surface area (Å²) in [7, 11) is 0. The second kappa shape index (κ2) is 56.1. The summed E-state index contributed by atoms with van der Waals surface area (Å²) < 4.78 is 17.2. The lowest BCUT2D eigenvalue weighted by atomic mass is 10.2. The predicted octanol–water partition coefficient (Wildman–Crippen LogP) is 18.0. The van der Waals surface area contributed by atoms with Gasteiger partial charge in [0, 0.05) is 13.0 Å². The molecule has 0 saturated heterocycles. The van der Waals surface area contributed by atoms with Crippen molar-refractivity contribution in [3.05, 3.63) is 194 Å². The van der Waals surface area contributed by atoms with Crippen molar-refractivity contribution in [1.82, 2.24) is 0 Å². The number of esters is 2. The molecule has 0 rings (SSSR count). The monoisotopic (exact) mass is 929 g/mol. The van der Waals surface area contributed by atoms with E-state index >= 15 is 0 Å². The SMILES string of the molecule is CC/C=C\C/C=C\C/C=C\C/C=C\C/C=C\C/C=C\CCCOCC(COC(=O)CCC/C=C\C/C=C\C/C=C\C/C=C\C/C=C\CC)OC(=O)C/C=C\C/C=C\C/C=C\C/C=C\C/C=C\CC. The average molecular weight is 929 g/mol. The van der Waals surface area contributed by atoms with Gasteiger partial charge in [-0.3, -0.25) is 9.59 Å². The highest BCUT2D eigenvalue weighted by molar-refractivity contribution is 5.71. The fraction of sp³-hybridized carbons (Fsp3) is 0.460. The minimum absolute atomic E-state index is 0.0228. The summed E-state index contributed by atoms with van der Waals surface area (Å²) in [6, 6.07) is 0. The summed E-state index contributed by atoms with van der Waals surface area (Å²) in [5.41, 5.74) is 0. The van der Waals surface area contributed by atoms with Crippen LogP contribution in [-0.4, -0.2) is 37.9 Å². The lowest BCUT2D eigenvalue weighted by molar-refractivity contribution is -0.162. The standard InChI is InChI=1S/C63H92O5/c1-4-7-10-13-16-19-22-25-28-30-31-32-34-37-40-43-46-49-52-55-58-66-59-61(68-63(65)57-54-51-48-45-42-39-35-27-24-21-18-15-12-9-6-3)60-67-62(64)56-53-50-47-44-41-38-36-33-29-26-23-20-17-14-11-8-5-2/h7-12,16-21,25-29,31-32,35-38,40,42,44-47,49,51,54,61H,4-6,13-15,22-24,30,33-34,39,41,43,48,50,52-53,55-60H2,1-3H3/b10-7-,11-8-,12-9-,19-16-,20-17-,21-18-,28-25-,29-26-,32-31-,35-27-,38-36-,40-37-,45-42-,47-44-,49-46-,54-51-. The Morgan fingerprint density at radius 1 is 0.338 bits per heavy atom. The average Bonchev–Trinajstić information content (AvgIpc) is 3.34. The first kappa shape index (κ1) is 62.7. The number of ether oxygens (including phenoxy) is 3. The van der Waals surface area contributed by atoms with Gasteiger partial charge in [-0.1, -0.05) is 215 Å². The Bertz CT molecular complexity index is 1660. The lowest BCUT2D eigenvalue weighted by Gasteiger charge is -2.18. The van der Waals surface area contributed by atoms with Gasteiger partial charge in [0.2, 0.25) is 0 Å². The van der Waals surface area contributed by atoms with Crippen LogP contribution in [0.5, 0.6) is 0 Å². The van der Waals surface area contributed by atoms with Crippen molar-refractivity contribution in [2.24, 2.45) is 0 Å². The second-order valence-electron chi connectivity index (χ2n) is 15.9. The Balaban J connectivity index is 4.64. The summed E-state index contributed by atoms with van der Waals surface area (Å²) in [6.45, 7) is 7.12. The van der Waals surface area contributed by atoms with Crippen LogP contribution in [0.4, 0.5) is 0 Å². The third-order valence-electron chi connectivity index (χ3n) is 9.64. The van der Waals surface area contributed by atoms with Crippen LogP contribution in [0, 0.1) is 0 Å². The minimum atomic E-state index is -0.661. The Kier molecular flexibility index (Phi) is 51.7. The smallest absolute Gasteiger partial charge is 0.310 e. The summed E-state index contributed by atoms with van der Waals surface area (Å²) in [5, 5.41) is 0. The number of hydrogen-bond donors (Lipinski definition) is 0. The highest BCUT2D eigenvalue weighted by atomic mass is 16.6. The van der Waals surface area contributed by atoms with Crippen LogP contribution in [0.1, 0.15) is 162 Å². The number of rotatable bonds is 44. The van der Waals surface area contributed by atoms with Gasteiger partial charge in [-0.2, -0.15) is 0 Å². The van der Waals surface area contributed by atoms with E-state index < -0.39 is 6.10 Å². The molecule has 0 bridgehead atoms. The molecule has 0 aliphatic carbocycles. The van der Waals surface area contributed by atoms with Crippen molar-refractivity contribution >= 4 is 11.9 Å². The summed E-state index contributed by atoms with van der Waals surface area (Å²) in [4.78, 5) is 25.3. The predicted molar refractivity (Wildman–Crippen MR) is 296 cm³/mol. The van der Waals surface area contributed by atoms with Crippen LogP contribution in [0.3, 0.4) is 0 Å². The van der Waals surface area contributed by atoms with Gasteiger partial charge in [0.25, 0.3) is 0 Å². The molecular formula is C63H92O5. The van der Waals surface area contributed by atoms with Gasteiger partial charge in [0.15, 0.2) is 6.10 Å². The van der Waals surface area contributed by atoms with Gasteiger partial charge in [-0.05, 0) is 128 Å². The molecule has 68 heavy (non-hydrogen) atoms. The van der Waals surface area contributed by atoms with E-state index in [9.17, 15) is 9.59 Å². The van der Waals surface area contributed by atoms with Gasteiger partial charge < -0.3 is 14.2 Å². The van der Waals surface area contributed by atoms with E-state index in [1.54, 1.807) is 0 Å². The molecule has 374 valence electrons. The molecule has 0 heterocycles. The van der Waals surface area contributed by atoms with E-state index in [1.807, 2.05) is 12.2 Å². The van der Waals surface area contributed by atoms with Gasteiger partial charge in [-0.25, -0.2) is 0 Å². The van der Waals surface area contributed by atoms with E-state index in [-0.39, 0.29) is 31.6 Å². The molecule has 0 radical (unpaired) electrons. The van der Waals surface area contributed by atoms with Crippen LogP contribution in [0.15, 0.2) is 194 Å². The van der Waals surface area contributed by atoms with Crippen molar-refractivity contribution < 1.29 is 23.8 Å². The highest BCUT2D eigenvalue weighted by Gasteiger charge is 2.17. The van der Waals surface area contributed by atoms with E-state index in [0.717, 1.165) is 122 Å². The Labute approximate surface area is 416 Å². The first-order valence-corrected chi connectivity index (χ1v) is 26.0. The maximum Gasteiger partial charge on any atom is 0.310 e. The fourth-order valence-corrected chi connectivity index (χ4v) is 5.93. The molecule has 0 aromatic carbocycles. The maximum atomic E-state index is 12.8. The lowest BCUT2D eigenvalue weighted by Crippen LogP contribution is -2.29. The zero-order valence-corrected chi connectivity index (χ0v) is 42.8. The van der Waals surface area contributed by atoms with Gasteiger partial charge in [0.1, 0.15) is 6.61 Å². The van der Waals surface area contributed by atoms with Crippen molar-refractivity contribution in [2.45, 2.75) is 168 Å². The van der Waals surface area contributed by atoms with Gasteiger partial charge in [0.05, 0.1) is 13.0 Å². The first-order valence-electron chi connectivity index (χ1n) is 26.0. The van der Waals surface area contributed by atoms with E-state index in [4.69, 9.17) is 14.2 Å². The third kappa shape index (κ3) is 53.4. The quantitative estimate of drug-likeness (QED) is 0.0346. The van der Waals surface area contributed by atoms with Crippen LogP contribution in [-0.2, 0) is 23.8 Å². The van der Waals surface area contributed by atoms with Gasteiger partial charge in [-0.15, -0.1) is 0 Å². The molecule has 1 unspecified atom stereocenters. The van der Waals surface area contributed by atoms with Crippen molar-refractivity contribution in [1.29, 1.82) is 0 Å². The molecule has 1 atom stereocenters. The maximum absolute atomic E-state index is 12.8. The molecule has 5 nitrogen and oxygen atoms in total. The normalized spacial score (nSPS) is 13.9. The second-order valence-corrected chi connectivity index (χ2v) is 15.9. The number of carbonyl (C=O) groups is 2. The van der Waals surface area contributed by atoms with E-state index in [0.29, 0.717) is 19.4 Å². The van der Waals surface area contributed by atoms with Gasteiger partial charge >= 0.3 is 11.9 Å². The van der Waals surface area contributed by atoms with Crippen LogP contribution < -0.4 is 0 Å². The number of allylic oxidation sites excluding steroid dienone is 31. The largest absolute Gasteiger partial charge is 0.462 e. The van der Waals surface area contributed by atoms with Crippen LogP contribution in [0.2, 0.25) is 0 Å². The zero-order chi connectivity index (χ0) is 49.2. The number of carbonyl (C=O) groups excluding carboxylic acids is 2. The topological polar surface area (TPSA) is 61.8 Å². The Morgan fingerprint density at radius 2 is 0.632 bits per heavy atom. The fourth-order valence-electron chi connectivity index (χ4n) is 5.93. The summed E-state index contributed by atoms with van der Waals surface area (Å²) in [6.07, 6.45) is 87.7. The molecule has 0 N–H and O–H groups in total. The highest BCUT2D eigenvalue weighted by Crippen LogP contribution is 2.06. The summed E-state index contributed by atoms with van der Waals surface area (Å²) >= 11 is 0. The zero-order valence-electron chi connectivity index (χ0n) is 42.8. The van der Waals surface area contributed by atoms with Crippen molar-refractivity contribution in [3.8, 4) is 0 Å². The third-order valence-corrected chi connectivity index (χ3v) is 9.64. The first-order chi connectivity index (χ1) is 33.6. The Hall–Kier alpha value is -5.26. The molecular weight excluding hydrogens is 837 g/mol. The van der Waals surface area contributed by atoms with Crippen molar-refractivity contribution in [3.63, 3.8) is 0 Å². The molecule has 0 amide bonds. The molecule has 0 aliphatic heterocycles. The Morgan fingerprint density at radius 3 is 0.971 bits per heavy atom.